The highest BCUT2D eigenvalue weighted by Gasteiger charge is 2.19. The molecule has 0 spiro atoms. The second-order valence-electron chi connectivity index (χ2n) is 5.64. The molecule has 4 nitrogen and oxygen atoms in total. The molecule has 0 bridgehead atoms. The number of rotatable bonds is 6. The molecule has 0 aliphatic carbocycles. The molecule has 126 valence electrons. The maximum absolute atomic E-state index is 12.1. The first kappa shape index (κ1) is 17.7. The van der Waals surface area contributed by atoms with Crippen LogP contribution in [0.15, 0.2) is 48.5 Å². The van der Waals surface area contributed by atoms with Crippen molar-refractivity contribution in [2.75, 3.05) is 5.32 Å². The molecule has 1 amide bonds. The van der Waals surface area contributed by atoms with Crippen molar-refractivity contribution in [1.29, 1.82) is 0 Å². The van der Waals surface area contributed by atoms with Gasteiger partial charge in [-0.05, 0) is 55.2 Å². The van der Waals surface area contributed by atoms with Gasteiger partial charge in [0.25, 0.3) is 5.91 Å². The van der Waals surface area contributed by atoms with Crippen LogP contribution in [0, 0.1) is 0 Å². The Bertz CT molecular complexity index is 690. The van der Waals surface area contributed by atoms with E-state index < -0.39 is 12.1 Å². The first-order valence-electron chi connectivity index (χ1n) is 8.23. The van der Waals surface area contributed by atoms with Gasteiger partial charge in [0.15, 0.2) is 6.10 Å². The first-order chi connectivity index (χ1) is 11.5. The van der Waals surface area contributed by atoms with Gasteiger partial charge in [0.05, 0.1) is 5.56 Å². The number of carbonyl (C=O) groups is 2. The second-order valence-corrected chi connectivity index (χ2v) is 5.64. The van der Waals surface area contributed by atoms with Gasteiger partial charge in [-0.2, -0.15) is 0 Å². The largest absolute Gasteiger partial charge is 0.449 e. The highest BCUT2D eigenvalue weighted by molar-refractivity contribution is 5.97. The fraction of sp³-hybridized carbons (Fsp3) is 0.300. The molecule has 2 aromatic rings. The smallest absolute Gasteiger partial charge is 0.338 e. The number of hydrogen-bond acceptors (Lipinski definition) is 3. The number of amides is 1. The third-order valence-electron chi connectivity index (χ3n) is 3.88. The van der Waals surface area contributed by atoms with Gasteiger partial charge >= 0.3 is 5.97 Å². The number of anilines is 1. The molecule has 0 unspecified atom stereocenters. The van der Waals surface area contributed by atoms with Gasteiger partial charge in [-0.3, -0.25) is 4.79 Å². The highest BCUT2D eigenvalue weighted by Crippen LogP contribution is 2.12. The van der Waals surface area contributed by atoms with Crippen LogP contribution in [0.4, 0.5) is 5.69 Å². The Morgan fingerprint density at radius 2 is 1.42 bits per heavy atom. The lowest BCUT2D eigenvalue weighted by Crippen LogP contribution is -2.30. The lowest BCUT2D eigenvalue weighted by molar-refractivity contribution is -0.123. The van der Waals surface area contributed by atoms with Gasteiger partial charge in [-0.1, -0.05) is 38.1 Å². The number of nitrogens with one attached hydrogen (secondary N) is 1. The van der Waals surface area contributed by atoms with E-state index in [0.29, 0.717) is 11.3 Å². The number of benzene rings is 2. The number of hydrogen-bond donors (Lipinski definition) is 1. The first-order valence-corrected chi connectivity index (χ1v) is 8.23. The summed E-state index contributed by atoms with van der Waals surface area (Å²) in [6.45, 7) is 5.68. The van der Waals surface area contributed by atoms with Gasteiger partial charge < -0.3 is 10.1 Å². The summed E-state index contributed by atoms with van der Waals surface area (Å²) >= 11 is 0. The van der Waals surface area contributed by atoms with Crippen LogP contribution >= 0.6 is 0 Å². The standard InChI is InChI=1S/C20H23NO3/c1-4-15-6-10-17(11-7-15)20(23)24-14(3)19(22)21-18-12-8-16(5-2)9-13-18/h6-14H,4-5H2,1-3H3,(H,21,22)/t14-/m0/s1. The van der Waals surface area contributed by atoms with E-state index >= 15 is 0 Å². The third kappa shape index (κ3) is 4.69. The monoisotopic (exact) mass is 325 g/mol. The molecule has 0 heterocycles. The van der Waals surface area contributed by atoms with Crippen molar-refractivity contribution >= 4 is 17.6 Å². The summed E-state index contributed by atoms with van der Waals surface area (Å²) in [5.41, 5.74) is 3.47. The molecule has 4 heteroatoms. The van der Waals surface area contributed by atoms with Crippen LogP contribution in [0.5, 0.6) is 0 Å². The topological polar surface area (TPSA) is 55.4 Å². The molecule has 2 rings (SSSR count). The van der Waals surface area contributed by atoms with Crippen molar-refractivity contribution < 1.29 is 14.3 Å². The zero-order valence-corrected chi connectivity index (χ0v) is 14.3. The zero-order valence-electron chi connectivity index (χ0n) is 14.3. The molecule has 0 saturated heterocycles. The average Bonchev–Trinajstić information content (AvgIpc) is 2.62. The van der Waals surface area contributed by atoms with Gasteiger partial charge in [0.1, 0.15) is 0 Å². The molecular weight excluding hydrogens is 302 g/mol. The van der Waals surface area contributed by atoms with E-state index in [2.05, 4.69) is 12.2 Å². The minimum Gasteiger partial charge on any atom is -0.449 e. The van der Waals surface area contributed by atoms with Gasteiger partial charge in [0, 0.05) is 5.69 Å². The lowest BCUT2D eigenvalue weighted by atomic mass is 10.1. The van der Waals surface area contributed by atoms with Crippen LogP contribution in [0.1, 0.15) is 42.3 Å². The van der Waals surface area contributed by atoms with Gasteiger partial charge in [-0.25, -0.2) is 4.79 Å². The second kappa shape index (κ2) is 8.29. The Morgan fingerprint density at radius 3 is 1.92 bits per heavy atom. The fourth-order valence-electron chi connectivity index (χ4n) is 2.23. The van der Waals surface area contributed by atoms with Gasteiger partial charge in [0.2, 0.25) is 0 Å². The predicted octanol–water partition coefficient (Wildman–Crippen LogP) is 4.00. The normalized spacial score (nSPS) is 11.6. The van der Waals surface area contributed by atoms with E-state index in [-0.39, 0.29) is 5.91 Å². The van der Waals surface area contributed by atoms with Crippen LogP contribution in [-0.4, -0.2) is 18.0 Å². The zero-order chi connectivity index (χ0) is 17.5. The number of aryl methyl sites for hydroxylation is 2. The van der Waals surface area contributed by atoms with Crippen molar-refractivity contribution in [3.05, 3.63) is 65.2 Å². The predicted molar refractivity (Wildman–Crippen MR) is 95.1 cm³/mol. The van der Waals surface area contributed by atoms with Crippen molar-refractivity contribution in [2.45, 2.75) is 39.7 Å². The van der Waals surface area contributed by atoms with Crippen molar-refractivity contribution in [1.82, 2.24) is 0 Å². The Labute approximate surface area is 142 Å². The number of ether oxygens (including phenoxy) is 1. The minimum atomic E-state index is -0.866. The highest BCUT2D eigenvalue weighted by atomic mass is 16.5. The summed E-state index contributed by atoms with van der Waals surface area (Å²) in [6.07, 6.45) is 0.985. The van der Waals surface area contributed by atoms with E-state index in [1.54, 1.807) is 19.1 Å². The Kier molecular flexibility index (Phi) is 6.13. The summed E-state index contributed by atoms with van der Waals surface area (Å²) in [4.78, 5) is 24.2. The SMILES string of the molecule is CCc1ccc(NC(=O)[C@H](C)OC(=O)c2ccc(CC)cc2)cc1. The summed E-state index contributed by atoms with van der Waals surface area (Å²) in [7, 11) is 0. The van der Waals surface area contributed by atoms with Crippen LogP contribution in [0.3, 0.4) is 0 Å². The van der Waals surface area contributed by atoms with E-state index in [1.807, 2.05) is 43.3 Å². The van der Waals surface area contributed by atoms with Gasteiger partial charge in [-0.15, -0.1) is 0 Å². The molecule has 0 radical (unpaired) electrons. The molecule has 1 atom stereocenters. The Morgan fingerprint density at radius 1 is 0.917 bits per heavy atom. The number of esters is 1. The van der Waals surface area contributed by atoms with Crippen LogP contribution < -0.4 is 5.32 Å². The summed E-state index contributed by atoms with van der Waals surface area (Å²) in [5, 5.41) is 2.75. The van der Waals surface area contributed by atoms with Crippen molar-refractivity contribution in [3.63, 3.8) is 0 Å². The van der Waals surface area contributed by atoms with E-state index in [0.717, 1.165) is 18.4 Å². The average molecular weight is 325 g/mol. The molecule has 0 aliphatic rings. The molecule has 1 N–H and O–H groups in total. The van der Waals surface area contributed by atoms with Crippen molar-refractivity contribution in [2.24, 2.45) is 0 Å². The van der Waals surface area contributed by atoms with Crippen molar-refractivity contribution in [3.8, 4) is 0 Å². The molecule has 2 aromatic carbocycles. The van der Waals surface area contributed by atoms with Crippen LogP contribution in [0.2, 0.25) is 0 Å². The minimum absolute atomic E-state index is 0.349. The molecule has 0 saturated carbocycles. The molecule has 0 aliphatic heterocycles. The lowest BCUT2D eigenvalue weighted by Gasteiger charge is -2.14. The fourth-order valence-corrected chi connectivity index (χ4v) is 2.23. The molecule has 0 aromatic heterocycles. The summed E-state index contributed by atoms with van der Waals surface area (Å²) < 4.78 is 5.24. The molecule has 24 heavy (non-hydrogen) atoms. The summed E-state index contributed by atoms with van der Waals surface area (Å²) in [6, 6.07) is 14.8. The number of carbonyl (C=O) groups excluding carboxylic acids is 2. The van der Waals surface area contributed by atoms with E-state index in [1.165, 1.54) is 5.56 Å². The van der Waals surface area contributed by atoms with Crippen LogP contribution in [-0.2, 0) is 22.4 Å². The van der Waals surface area contributed by atoms with Crippen LogP contribution in [0.25, 0.3) is 0 Å². The quantitative estimate of drug-likeness (QED) is 0.817. The summed E-state index contributed by atoms with van der Waals surface area (Å²) in [5.74, 6) is -0.848. The Balaban J connectivity index is 1.93. The van der Waals surface area contributed by atoms with E-state index in [4.69, 9.17) is 4.74 Å². The third-order valence-corrected chi connectivity index (χ3v) is 3.88. The maximum atomic E-state index is 12.1. The maximum Gasteiger partial charge on any atom is 0.338 e. The molecular formula is C20H23NO3. The van der Waals surface area contributed by atoms with E-state index in [9.17, 15) is 9.59 Å². The Hall–Kier alpha value is -2.62. The molecule has 0 fully saturated rings.